The SMILES string of the molecule is Cn1c(C2CC2)c(C2CC2)c(=O)n1-c1ccccc1OC(F)(F)F. The number of rotatable bonds is 4. The van der Waals surface area contributed by atoms with Gasteiger partial charge in [-0.1, -0.05) is 12.1 Å². The highest BCUT2D eigenvalue weighted by atomic mass is 19.4. The van der Waals surface area contributed by atoms with Gasteiger partial charge in [-0.3, -0.25) is 9.48 Å². The van der Waals surface area contributed by atoms with Crippen molar-refractivity contribution in [3.8, 4) is 11.4 Å². The van der Waals surface area contributed by atoms with Crippen LogP contribution in [0.1, 0.15) is 48.8 Å². The number of halogens is 3. The van der Waals surface area contributed by atoms with Gasteiger partial charge in [0.05, 0.1) is 0 Å². The zero-order valence-corrected chi connectivity index (χ0v) is 13.1. The highest BCUT2D eigenvalue weighted by Gasteiger charge is 2.39. The van der Waals surface area contributed by atoms with Crippen LogP contribution in [0.25, 0.3) is 5.69 Å². The molecule has 1 aromatic carbocycles. The van der Waals surface area contributed by atoms with Crippen LogP contribution >= 0.6 is 0 Å². The summed E-state index contributed by atoms with van der Waals surface area (Å²) in [4.78, 5) is 12.9. The van der Waals surface area contributed by atoms with E-state index in [1.54, 1.807) is 17.8 Å². The fourth-order valence-electron chi connectivity index (χ4n) is 3.35. The van der Waals surface area contributed by atoms with Crippen LogP contribution in [0.15, 0.2) is 29.1 Å². The minimum atomic E-state index is -4.80. The van der Waals surface area contributed by atoms with Gasteiger partial charge in [-0.15, -0.1) is 13.2 Å². The largest absolute Gasteiger partial charge is 0.573 e. The highest BCUT2D eigenvalue weighted by molar-refractivity contribution is 5.48. The third-order valence-electron chi connectivity index (χ3n) is 4.62. The van der Waals surface area contributed by atoms with Gasteiger partial charge in [0.2, 0.25) is 0 Å². The molecule has 0 radical (unpaired) electrons. The molecule has 2 fully saturated rings. The van der Waals surface area contributed by atoms with Crippen LogP contribution in [0.5, 0.6) is 5.75 Å². The van der Waals surface area contributed by atoms with Crippen molar-refractivity contribution in [1.29, 1.82) is 0 Å². The zero-order chi connectivity index (χ0) is 17.1. The van der Waals surface area contributed by atoms with E-state index in [0.717, 1.165) is 36.9 Å². The Morgan fingerprint density at radius 2 is 1.71 bits per heavy atom. The first-order chi connectivity index (χ1) is 11.4. The Morgan fingerprint density at radius 3 is 2.29 bits per heavy atom. The number of nitrogens with zero attached hydrogens (tertiary/aromatic N) is 2. The average Bonchev–Trinajstić information content (AvgIpc) is 3.38. The lowest BCUT2D eigenvalue weighted by atomic mass is 10.1. The maximum atomic E-state index is 12.9. The molecule has 2 aliphatic rings. The van der Waals surface area contributed by atoms with E-state index in [9.17, 15) is 18.0 Å². The third-order valence-corrected chi connectivity index (χ3v) is 4.62. The van der Waals surface area contributed by atoms with Crippen molar-refractivity contribution >= 4 is 0 Å². The standard InChI is InChI=1S/C17H17F3N2O2/c1-21-15(11-8-9-11)14(10-6-7-10)16(23)22(21)12-4-2-3-5-13(12)24-17(18,19)20/h2-5,10-11H,6-9H2,1H3. The summed E-state index contributed by atoms with van der Waals surface area (Å²) in [6.45, 7) is 0. The summed E-state index contributed by atoms with van der Waals surface area (Å²) in [5.74, 6) is 0.226. The summed E-state index contributed by atoms with van der Waals surface area (Å²) in [6.07, 6.45) is -0.807. The molecule has 0 amide bonds. The molecule has 4 nitrogen and oxygen atoms in total. The first-order valence-electron chi connectivity index (χ1n) is 8.04. The van der Waals surface area contributed by atoms with Gasteiger partial charge in [-0.25, -0.2) is 4.68 Å². The lowest BCUT2D eigenvalue weighted by Gasteiger charge is -2.15. The monoisotopic (exact) mass is 338 g/mol. The van der Waals surface area contributed by atoms with Crippen LogP contribution in [-0.4, -0.2) is 15.7 Å². The van der Waals surface area contributed by atoms with Crippen molar-refractivity contribution in [2.45, 2.75) is 43.9 Å². The van der Waals surface area contributed by atoms with Crippen LogP contribution in [0.4, 0.5) is 13.2 Å². The van der Waals surface area contributed by atoms with Gasteiger partial charge >= 0.3 is 6.36 Å². The Hall–Kier alpha value is -2.18. The summed E-state index contributed by atoms with van der Waals surface area (Å²) in [6, 6.07) is 5.78. The number of para-hydroxylation sites is 2. The van der Waals surface area contributed by atoms with Crippen molar-refractivity contribution in [1.82, 2.24) is 9.36 Å². The van der Waals surface area contributed by atoms with E-state index < -0.39 is 6.36 Å². The molecule has 2 aliphatic carbocycles. The van der Waals surface area contributed by atoms with E-state index in [1.165, 1.54) is 22.9 Å². The first-order valence-corrected chi connectivity index (χ1v) is 8.04. The summed E-state index contributed by atoms with van der Waals surface area (Å²) in [5.41, 5.74) is 1.65. The lowest BCUT2D eigenvalue weighted by molar-refractivity contribution is -0.274. The van der Waals surface area contributed by atoms with Gasteiger partial charge in [-0.05, 0) is 43.7 Å². The van der Waals surface area contributed by atoms with E-state index in [2.05, 4.69) is 4.74 Å². The molecule has 4 rings (SSSR count). The molecule has 0 unspecified atom stereocenters. The molecule has 0 atom stereocenters. The van der Waals surface area contributed by atoms with Crippen molar-refractivity contribution in [3.63, 3.8) is 0 Å². The third kappa shape index (κ3) is 2.61. The molecule has 128 valence electrons. The van der Waals surface area contributed by atoms with Crippen molar-refractivity contribution in [2.24, 2.45) is 7.05 Å². The van der Waals surface area contributed by atoms with Gasteiger partial charge in [0.15, 0.2) is 5.75 Å². The van der Waals surface area contributed by atoms with Crippen molar-refractivity contribution in [3.05, 3.63) is 45.9 Å². The molecule has 0 saturated heterocycles. The normalized spacial score (nSPS) is 18.0. The Labute approximate surface area is 136 Å². The molecule has 0 N–H and O–H groups in total. The topological polar surface area (TPSA) is 36.2 Å². The molecule has 1 aromatic heterocycles. The van der Waals surface area contributed by atoms with E-state index in [0.29, 0.717) is 5.92 Å². The molecular formula is C17H17F3N2O2. The molecule has 0 aliphatic heterocycles. The second kappa shape index (κ2) is 5.16. The molecule has 2 saturated carbocycles. The molecule has 0 bridgehead atoms. The molecular weight excluding hydrogens is 321 g/mol. The number of hydrogen-bond donors (Lipinski definition) is 0. The Balaban J connectivity index is 1.89. The lowest BCUT2D eigenvalue weighted by Crippen LogP contribution is -2.24. The fourth-order valence-corrected chi connectivity index (χ4v) is 3.35. The number of aromatic nitrogens is 2. The van der Waals surface area contributed by atoms with Crippen molar-refractivity contribution in [2.75, 3.05) is 0 Å². The van der Waals surface area contributed by atoms with Gasteiger partial charge in [0.1, 0.15) is 5.69 Å². The second-order valence-electron chi connectivity index (χ2n) is 6.50. The van der Waals surface area contributed by atoms with E-state index >= 15 is 0 Å². The van der Waals surface area contributed by atoms with Crippen LogP contribution in [0.2, 0.25) is 0 Å². The first kappa shape index (κ1) is 15.4. The quantitative estimate of drug-likeness (QED) is 0.849. The van der Waals surface area contributed by atoms with Crippen LogP contribution in [0.3, 0.4) is 0 Å². The van der Waals surface area contributed by atoms with Crippen LogP contribution in [0, 0.1) is 0 Å². The molecule has 1 heterocycles. The van der Waals surface area contributed by atoms with Crippen molar-refractivity contribution < 1.29 is 17.9 Å². The molecule has 7 heteroatoms. The maximum absolute atomic E-state index is 12.9. The maximum Gasteiger partial charge on any atom is 0.573 e. The van der Waals surface area contributed by atoms with Gasteiger partial charge in [0.25, 0.3) is 5.56 Å². The smallest absolute Gasteiger partial charge is 0.403 e. The Kier molecular flexibility index (Phi) is 3.30. The predicted octanol–water partition coefficient (Wildman–Crippen LogP) is 3.83. The number of alkyl halides is 3. The van der Waals surface area contributed by atoms with Crippen LogP contribution in [-0.2, 0) is 7.05 Å². The van der Waals surface area contributed by atoms with E-state index in [4.69, 9.17) is 0 Å². The highest BCUT2D eigenvalue weighted by Crippen LogP contribution is 2.48. The molecule has 24 heavy (non-hydrogen) atoms. The van der Waals surface area contributed by atoms with E-state index in [-0.39, 0.29) is 22.9 Å². The predicted molar refractivity (Wildman–Crippen MR) is 81.6 cm³/mol. The number of ether oxygens (including phenoxy) is 1. The summed E-state index contributed by atoms with van der Waals surface area (Å²) in [7, 11) is 1.74. The number of benzene rings is 1. The molecule has 0 spiro atoms. The summed E-state index contributed by atoms with van der Waals surface area (Å²) >= 11 is 0. The molecule has 2 aromatic rings. The zero-order valence-electron chi connectivity index (χ0n) is 13.1. The van der Waals surface area contributed by atoms with E-state index in [1.807, 2.05) is 0 Å². The van der Waals surface area contributed by atoms with Gasteiger partial charge in [-0.2, -0.15) is 0 Å². The Morgan fingerprint density at radius 1 is 1.08 bits per heavy atom. The van der Waals surface area contributed by atoms with Gasteiger partial charge in [0, 0.05) is 24.2 Å². The van der Waals surface area contributed by atoms with Gasteiger partial charge < -0.3 is 4.74 Å². The number of hydrogen-bond acceptors (Lipinski definition) is 2. The Bertz CT molecular complexity index is 842. The summed E-state index contributed by atoms with van der Waals surface area (Å²) < 4.78 is 45.2. The minimum Gasteiger partial charge on any atom is -0.403 e. The average molecular weight is 338 g/mol. The summed E-state index contributed by atoms with van der Waals surface area (Å²) in [5, 5.41) is 0. The van der Waals surface area contributed by atoms with Crippen LogP contribution < -0.4 is 10.3 Å². The fraction of sp³-hybridized carbons (Fsp3) is 0.471. The second-order valence-corrected chi connectivity index (χ2v) is 6.50. The minimum absolute atomic E-state index is 0.121.